The van der Waals surface area contributed by atoms with Gasteiger partial charge in [0, 0.05) is 6.54 Å². The van der Waals surface area contributed by atoms with Gasteiger partial charge in [0.1, 0.15) is 5.82 Å². The lowest BCUT2D eigenvalue weighted by Gasteiger charge is -2.06. The molecule has 31 heavy (non-hydrogen) atoms. The van der Waals surface area contributed by atoms with Crippen LogP contribution in [0.5, 0.6) is 0 Å². The molecular weight excluding hydrogens is 395 g/mol. The van der Waals surface area contributed by atoms with Crippen molar-refractivity contribution in [3.05, 3.63) is 94.7 Å². The van der Waals surface area contributed by atoms with Gasteiger partial charge in [0.2, 0.25) is 0 Å². The largest absolute Gasteiger partial charge is 0.428 e. The average Bonchev–Trinajstić information content (AvgIpc) is 3.12. The number of aromatic nitrogens is 1. The molecule has 0 spiro atoms. The third-order valence-electron chi connectivity index (χ3n) is 5.22. The zero-order valence-corrected chi connectivity index (χ0v) is 17.0. The van der Waals surface area contributed by atoms with Gasteiger partial charge >= 0.3 is 11.8 Å². The number of nitrogens with one attached hydrogen (secondary N) is 1. The monoisotopic (exact) mass is 418 g/mol. The van der Waals surface area contributed by atoms with E-state index >= 15 is 0 Å². The van der Waals surface area contributed by atoms with Crippen molar-refractivity contribution in [2.45, 2.75) is 25.7 Å². The van der Waals surface area contributed by atoms with Crippen molar-refractivity contribution in [2.24, 2.45) is 0 Å². The van der Waals surface area contributed by atoms with Crippen LogP contribution in [-0.4, -0.2) is 17.1 Å². The number of carbonyl (C=O) groups is 1. The molecule has 0 radical (unpaired) electrons. The molecule has 0 unspecified atom stereocenters. The average molecular weight is 418 g/mol. The van der Waals surface area contributed by atoms with Crippen LogP contribution in [0.2, 0.25) is 0 Å². The molecule has 3 aromatic carbocycles. The summed E-state index contributed by atoms with van der Waals surface area (Å²) in [7, 11) is 0. The van der Waals surface area contributed by atoms with Crippen molar-refractivity contribution >= 4 is 17.1 Å². The fraction of sp³-hybridized carbons (Fsp3) is 0.200. The summed E-state index contributed by atoms with van der Waals surface area (Å²) in [5.41, 5.74) is 3.58. The van der Waals surface area contributed by atoms with E-state index in [4.69, 9.17) is 4.42 Å². The van der Waals surface area contributed by atoms with Gasteiger partial charge in [-0.05, 0) is 60.2 Å². The third kappa shape index (κ3) is 4.91. The Morgan fingerprint density at radius 2 is 1.65 bits per heavy atom. The number of fused-ring (bicyclic) bond motifs is 1. The highest BCUT2D eigenvalue weighted by molar-refractivity contribution is 5.90. The molecule has 0 bridgehead atoms. The normalized spacial score (nSPS) is 11.0. The Morgan fingerprint density at radius 3 is 2.42 bits per heavy atom. The van der Waals surface area contributed by atoms with Crippen molar-refractivity contribution in [3.63, 3.8) is 0 Å². The minimum atomic E-state index is -0.729. The molecule has 0 saturated heterocycles. The molecule has 1 amide bonds. The Kier molecular flexibility index (Phi) is 6.26. The second kappa shape index (κ2) is 9.43. The zero-order chi connectivity index (χ0) is 21.6. The van der Waals surface area contributed by atoms with E-state index in [1.165, 1.54) is 17.7 Å². The van der Waals surface area contributed by atoms with Crippen molar-refractivity contribution in [1.29, 1.82) is 0 Å². The molecule has 1 heterocycles. The van der Waals surface area contributed by atoms with Crippen LogP contribution >= 0.6 is 0 Å². The predicted molar refractivity (Wildman–Crippen MR) is 119 cm³/mol. The van der Waals surface area contributed by atoms with Gasteiger partial charge in [0.05, 0.1) is 5.52 Å². The van der Waals surface area contributed by atoms with Crippen LogP contribution in [0, 0.1) is 5.82 Å². The molecule has 4 rings (SSSR count). The minimum Gasteiger partial charge on any atom is -0.407 e. The van der Waals surface area contributed by atoms with Gasteiger partial charge in [-0.2, -0.15) is 4.57 Å². The standard InChI is InChI=1S/C25H23FN2O3/c26-21-13-10-19(11-14-21)20-12-15-22-23(17-20)31-25(30)28(22)24(29)27-16-6-2-5-9-18-7-3-1-4-8-18/h1,3-4,7-8,10-15,17H,2,5-6,9,16H2,(H,27,29). The van der Waals surface area contributed by atoms with Crippen molar-refractivity contribution in [2.75, 3.05) is 6.54 Å². The minimum absolute atomic E-state index is 0.310. The van der Waals surface area contributed by atoms with Crippen LogP contribution in [0.15, 0.2) is 82.0 Å². The number of aryl methyl sites for hydroxylation is 1. The molecule has 6 heteroatoms. The van der Waals surface area contributed by atoms with E-state index in [0.29, 0.717) is 17.6 Å². The van der Waals surface area contributed by atoms with Crippen molar-refractivity contribution in [3.8, 4) is 11.1 Å². The van der Waals surface area contributed by atoms with E-state index in [1.54, 1.807) is 30.3 Å². The zero-order valence-electron chi connectivity index (χ0n) is 17.0. The van der Waals surface area contributed by atoms with Gasteiger partial charge in [-0.25, -0.2) is 14.0 Å². The van der Waals surface area contributed by atoms with E-state index in [9.17, 15) is 14.0 Å². The Balaban J connectivity index is 1.36. The molecule has 0 fully saturated rings. The Labute approximate surface area is 179 Å². The number of hydrogen-bond acceptors (Lipinski definition) is 3. The second-order valence-corrected chi connectivity index (χ2v) is 7.42. The third-order valence-corrected chi connectivity index (χ3v) is 5.22. The summed E-state index contributed by atoms with van der Waals surface area (Å²) in [6, 6.07) is 20.9. The van der Waals surface area contributed by atoms with Crippen LogP contribution in [0.3, 0.4) is 0 Å². The summed E-state index contributed by atoms with van der Waals surface area (Å²) in [5, 5.41) is 2.79. The van der Waals surface area contributed by atoms with Crippen LogP contribution in [0.1, 0.15) is 24.8 Å². The van der Waals surface area contributed by atoms with Gasteiger partial charge in [-0.1, -0.05) is 55.0 Å². The molecular formula is C25H23FN2O3. The molecule has 1 aromatic heterocycles. The summed E-state index contributed by atoms with van der Waals surface area (Å²) < 4.78 is 19.4. The maximum Gasteiger partial charge on any atom is 0.428 e. The van der Waals surface area contributed by atoms with Gasteiger partial charge in [0.25, 0.3) is 0 Å². The quantitative estimate of drug-likeness (QED) is 0.410. The maximum atomic E-state index is 13.1. The molecule has 158 valence electrons. The molecule has 0 aliphatic rings. The summed E-state index contributed by atoms with van der Waals surface area (Å²) in [4.78, 5) is 24.8. The van der Waals surface area contributed by atoms with Crippen LogP contribution in [-0.2, 0) is 6.42 Å². The van der Waals surface area contributed by atoms with E-state index in [2.05, 4.69) is 17.4 Å². The Morgan fingerprint density at radius 1 is 0.903 bits per heavy atom. The highest BCUT2D eigenvalue weighted by Crippen LogP contribution is 2.24. The lowest BCUT2D eigenvalue weighted by molar-refractivity contribution is 0.241. The van der Waals surface area contributed by atoms with Crippen molar-refractivity contribution < 1.29 is 13.6 Å². The highest BCUT2D eigenvalue weighted by atomic mass is 19.1. The fourth-order valence-corrected chi connectivity index (χ4v) is 3.58. The summed E-state index contributed by atoms with van der Waals surface area (Å²) in [6.07, 6.45) is 3.87. The van der Waals surface area contributed by atoms with E-state index in [0.717, 1.165) is 41.4 Å². The summed E-state index contributed by atoms with van der Waals surface area (Å²) in [5.74, 6) is -1.05. The number of hydrogen-bond donors (Lipinski definition) is 1. The number of rotatable bonds is 7. The topological polar surface area (TPSA) is 64.2 Å². The number of unbranched alkanes of at least 4 members (excludes halogenated alkanes) is 2. The first-order valence-corrected chi connectivity index (χ1v) is 10.4. The lowest BCUT2D eigenvalue weighted by atomic mass is 10.1. The lowest BCUT2D eigenvalue weighted by Crippen LogP contribution is -2.34. The molecule has 1 N–H and O–H groups in total. The molecule has 4 aromatic rings. The number of benzene rings is 3. The molecule has 0 aliphatic carbocycles. The molecule has 5 nitrogen and oxygen atoms in total. The fourth-order valence-electron chi connectivity index (χ4n) is 3.58. The van der Waals surface area contributed by atoms with Crippen LogP contribution < -0.4 is 11.1 Å². The predicted octanol–water partition coefficient (Wildman–Crippen LogP) is 5.37. The van der Waals surface area contributed by atoms with Crippen LogP contribution in [0.4, 0.5) is 9.18 Å². The van der Waals surface area contributed by atoms with Crippen molar-refractivity contribution in [1.82, 2.24) is 9.88 Å². The first-order chi connectivity index (χ1) is 15.1. The SMILES string of the molecule is O=C(NCCCCCc1ccccc1)n1c(=O)oc2cc(-c3ccc(F)cc3)ccc21. The van der Waals surface area contributed by atoms with Gasteiger partial charge in [0.15, 0.2) is 5.58 Å². The van der Waals surface area contributed by atoms with Crippen LogP contribution in [0.25, 0.3) is 22.2 Å². The first kappa shape index (κ1) is 20.6. The van der Waals surface area contributed by atoms with Gasteiger partial charge in [-0.15, -0.1) is 0 Å². The molecule has 0 atom stereocenters. The maximum absolute atomic E-state index is 13.1. The van der Waals surface area contributed by atoms with E-state index in [1.807, 2.05) is 18.2 Å². The smallest absolute Gasteiger partial charge is 0.407 e. The summed E-state index contributed by atoms with van der Waals surface area (Å²) >= 11 is 0. The summed E-state index contributed by atoms with van der Waals surface area (Å²) in [6.45, 7) is 0.487. The number of oxazole rings is 1. The van der Waals surface area contributed by atoms with E-state index in [-0.39, 0.29) is 5.82 Å². The van der Waals surface area contributed by atoms with Gasteiger partial charge in [-0.3, -0.25) is 0 Å². The molecule has 0 aliphatic heterocycles. The highest BCUT2D eigenvalue weighted by Gasteiger charge is 2.16. The number of nitrogens with zero attached hydrogens (tertiary/aromatic N) is 1. The number of carbonyl (C=O) groups excluding carboxylic acids is 1. The second-order valence-electron chi connectivity index (χ2n) is 7.42. The number of halogens is 1. The van der Waals surface area contributed by atoms with E-state index < -0.39 is 11.8 Å². The molecule has 0 saturated carbocycles. The Hall–Kier alpha value is -3.67. The Bertz CT molecular complexity index is 1230. The first-order valence-electron chi connectivity index (χ1n) is 10.4. The number of amides is 1. The van der Waals surface area contributed by atoms with Gasteiger partial charge < -0.3 is 9.73 Å².